The van der Waals surface area contributed by atoms with Crippen LogP contribution >= 0.6 is 11.6 Å². The standard InChI is InChI=1S/C20H36ClN3O/c21-15-10-8-14(9-11-15)19-17-6-1-2-7-18(17)20(24-23-19)22-13-16-5-3-4-12-25-16/h14-20,22-24H,1-13H2. The molecule has 3 N–H and O–H groups in total. The first-order valence-electron chi connectivity index (χ1n) is 10.8. The summed E-state index contributed by atoms with van der Waals surface area (Å²) in [6.45, 7) is 1.94. The SMILES string of the molecule is ClC1CCC(C2NNC(NCC3CCCCO3)C3CCCCC32)CC1. The highest BCUT2D eigenvalue weighted by Crippen LogP contribution is 2.41. The lowest BCUT2D eigenvalue weighted by atomic mass is 9.67. The number of hydrazine groups is 1. The Balaban J connectivity index is 1.34. The molecule has 2 aliphatic heterocycles. The van der Waals surface area contributed by atoms with Gasteiger partial charge in [-0.1, -0.05) is 12.8 Å². The molecule has 4 fully saturated rings. The van der Waals surface area contributed by atoms with Crippen molar-refractivity contribution in [3.63, 3.8) is 0 Å². The molecule has 0 radical (unpaired) electrons. The van der Waals surface area contributed by atoms with Gasteiger partial charge in [-0.2, -0.15) is 0 Å². The minimum atomic E-state index is 0.399. The minimum absolute atomic E-state index is 0.399. The lowest BCUT2D eigenvalue weighted by molar-refractivity contribution is -0.00502. The summed E-state index contributed by atoms with van der Waals surface area (Å²) in [5, 5.41) is 4.22. The summed E-state index contributed by atoms with van der Waals surface area (Å²) < 4.78 is 5.91. The smallest absolute Gasteiger partial charge is 0.0736 e. The Morgan fingerprint density at radius 1 is 0.840 bits per heavy atom. The third kappa shape index (κ3) is 4.52. The highest BCUT2D eigenvalue weighted by Gasteiger charge is 2.43. The zero-order chi connectivity index (χ0) is 17.1. The van der Waals surface area contributed by atoms with Crippen LogP contribution in [0.2, 0.25) is 0 Å². The number of halogens is 1. The number of hydrogen-bond acceptors (Lipinski definition) is 4. The Morgan fingerprint density at radius 3 is 2.36 bits per heavy atom. The fraction of sp³-hybridized carbons (Fsp3) is 1.00. The van der Waals surface area contributed by atoms with E-state index in [1.807, 2.05) is 0 Å². The summed E-state index contributed by atoms with van der Waals surface area (Å²) >= 11 is 6.34. The molecule has 0 spiro atoms. The van der Waals surface area contributed by atoms with E-state index in [0.29, 0.717) is 23.7 Å². The highest BCUT2D eigenvalue weighted by molar-refractivity contribution is 6.20. The van der Waals surface area contributed by atoms with Gasteiger partial charge in [0.25, 0.3) is 0 Å². The molecule has 2 aliphatic carbocycles. The van der Waals surface area contributed by atoms with Crippen molar-refractivity contribution in [3.8, 4) is 0 Å². The molecule has 2 heterocycles. The van der Waals surface area contributed by atoms with Crippen LogP contribution in [0.4, 0.5) is 0 Å². The van der Waals surface area contributed by atoms with Gasteiger partial charge in [-0.05, 0) is 75.5 Å². The van der Waals surface area contributed by atoms with E-state index in [1.54, 1.807) is 0 Å². The Kier molecular flexibility index (Phi) is 6.57. The van der Waals surface area contributed by atoms with Crippen molar-refractivity contribution in [1.29, 1.82) is 0 Å². The molecule has 25 heavy (non-hydrogen) atoms. The molecule has 0 amide bonds. The fourth-order valence-electron chi connectivity index (χ4n) is 5.78. The predicted molar refractivity (Wildman–Crippen MR) is 102 cm³/mol. The van der Waals surface area contributed by atoms with E-state index in [2.05, 4.69) is 16.2 Å². The minimum Gasteiger partial charge on any atom is -0.377 e. The van der Waals surface area contributed by atoms with Gasteiger partial charge in [0, 0.05) is 24.6 Å². The largest absolute Gasteiger partial charge is 0.377 e. The molecule has 0 aromatic carbocycles. The van der Waals surface area contributed by atoms with E-state index in [4.69, 9.17) is 16.3 Å². The number of ether oxygens (including phenoxy) is 1. The van der Waals surface area contributed by atoms with Crippen LogP contribution in [-0.2, 0) is 4.74 Å². The van der Waals surface area contributed by atoms with Crippen molar-refractivity contribution < 1.29 is 4.74 Å². The van der Waals surface area contributed by atoms with Crippen molar-refractivity contribution in [2.75, 3.05) is 13.2 Å². The van der Waals surface area contributed by atoms with E-state index >= 15 is 0 Å². The monoisotopic (exact) mass is 369 g/mol. The number of hydrogen-bond donors (Lipinski definition) is 3. The number of rotatable bonds is 4. The van der Waals surface area contributed by atoms with Gasteiger partial charge in [-0.25, -0.2) is 5.43 Å². The second-order valence-corrected chi connectivity index (χ2v) is 9.43. The van der Waals surface area contributed by atoms with Gasteiger partial charge in [-0.15, -0.1) is 11.6 Å². The third-order valence-corrected chi connectivity index (χ3v) is 7.65. The molecular weight excluding hydrogens is 334 g/mol. The van der Waals surface area contributed by atoms with E-state index in [0.717, 1.165) is 30.9 Å². The second-order valence-electron chi connectivity index (χ2n) is 8.81. The number of fused-ring (bicyclic) bond motifs is 1. The molecule has 4 rings (SSSR count). The lowest BCUT2D eigenvalue weighted by Crippen LogP contribution is -2.68. The molecule has 0 aromatic heterocycles. The maximum absolute atomic E-state index is 6.34. The van der Waals surface area contributed by atoms with Crippen LogP contribution in [0.5, 0.6) is 0 Å². The van der Waals surface area contributed by atoms with Gasteiger partial charge in [0.1, 0.15) is 0 Å². The van der Waals surface area contributed by atoms with Crippen LogP contribution in [-0.4, -0.2) is 36.8 Å². The summed E-state index contributed by atoms with van der Waals surface area (Å²) in [6.07, 6.45) is 15.1. The molecule has 4 aliphatic rings. The molecule has 4 nitrogen and oxygen atoms in total. The van der Waals surface area contributed by atoms with Gasteiger partial charge in [-0.3, -0.25) is 10.7 Å². The Hall–Kier alpha value is 0.130. The zero-order valence-corrected chi connectivity index (χ0v) is 16.3. The first-order chi connectivity index (χ1) is 12.3. The van der Waals surface area contributed by atoms with Gasteiger partial charge in [0.05, 0.1) is 12.3 Å². The van der Waals surface area contributed by atoms with Crippen molar-refractivity contribution in [2.45, 2.75) is 94.3 Å². The Bertz CT molecular complexity index is 410. The lowest BCUT2D eigenvalue weighted by Gasteiger charge is -2.50. The van der Waals surface area contributed by atoms with E-state index < -0.39 is 0 Å². The predicted octanol–water partition coefficient (Wildman–Crippen LogP) is 3.55. The van der Waals surface area contributed by atoms with Crippen molar-refractivity contribution in [1.82, 2.24) is 16.2 Å². The van der Waals surface area contributed by atoms with Crippen LogP contribution in [0.1, 0.15) is 70.6 Å². The van der Waals surface area contributed by atoms with Crippen LogP contribution in [0, 0.1) is 17.8 Å². The van der Waals surface area contributed by atoms with Crippen molar-refractivity contribution in [2.24, 2.45) is 17.8 Å². The number of nitrogens with one attached hydrogen (secondary N) is 3. The van der Waals surface area contributed by atoms with Gasteiger partial charge >= 0.3 is 0 Å². The van der Waals surface area contributed by atoms with E-state index in [1.165, 1.54) is 70.6 Å². The van der Waals surface area contributed by atoms with Gasteiger partial charge < -0.3 is 4.74 Å². The molecular formula is C20H36ClN3O. The topological polar surface area (TPSA) is 45.3 Å². The molecule has 0 bridgehead atoms. The molecule has 5 unspecified atom stereocenters. The first-order valence-corrected chi connectivity index (χ1v) is 11.2. The number of alkyl halides is 1. The second kappa shape index (κ2) is 8.88. The molecule has 2 saturated carbocycles. The summed E-state index contributed by atoms with van der Waals surface area (Å²) in [7, 11) is 0. The summed E-state index contributed by atoms with van der Waals surface area (Å²) in [5.41, 5.74) is 7.41. The van der Waals surface area contributed by atoms with Gasteiger partial charge in [0.15, 0.2) is 0 Å². The van der Waals surface area contributed by atoms with E-state index in [-0.39, 0.29) is 0 Å². The highest BCUT2D eigenvalue weighted by atomic mass is 35.5. The van der Waals surface area contributed by atoms with Crippen molar-refractivity contribution in [3.05, 3.63) is 0 Å². The van der Waals surface area contributed by atoms with Crippen LogP contribution in [0.15, 0.2) is 0 Å². The molecule has 2 saturated heterocycles. The molecule has 0 aromatic rings. The zero-order valence-electron chi connectivity index (χ0n) is 15.5. The van der Waals surface area contributed by atoms with Crippen LogP contribution in [0.3, 0.4) is 0 Å². The molecule has 5 atom stereocenters. The summed E-state index contributed by atoms with van der Waals surface area (Å²) in [5.74, 6) is 2.38. The summed E-state index contributed by atoms with van der Waals surface area (Å²) in [6, 6.07) is 0.637. The van der Waals surface area contributed by atoms with E-state index in [9.17, 15) is 0 Å². The maximum atomic E-state index is 6.34. The Labute approximate surface area is 158 Å². The first kappa shape index (κ1) is 18.5. The molecule has 5 heteroatoms. The van der Waals surface area contributed by atoms with Crippen LogP contribution in [0.25, 0.3) is 0 Å². The molecule has 144 valence electrons. The summed E-state index contributed by atoms with van der Waals surface area (Å²) in [4.78, 5) is 0. The average molecular weight is 370 g/mol. The van der Waals surface area contributed by atoms with Crippen LogP contribution < -0.4 is 16.2 Å². The maximum Gasteiger partial charge on any atom is 0.0736 e. The fourth-order valence-corrected chi connectivity index (χ4v) is 6.03. The van der Waals surface area contributed by atoms with Crippen molar-refractivity contribution >= 4 is 11.6 Å². The normalized spacial score (nSPS) is 45.7. The third-order valence-electron chi connectivity index (χ3n) is 7.22. The quantitative estimate of drug-likeness (QED) is 0.663. The van der Waals surface area contributed by atoms with Gasteiger partial charge in [0.2, 0.25) is 0 Å². The average Bonchev–Trinajstić information content (AvgIpc) is 2.68. The Morgan fingerprint density at radius 2 is 1.60 bits per heavy atom.